The highest BCUT2D eigenvalue weighted by molar-refractivity contribution is 9.10. The van der Waals surface area contributed by atoms with E-state index in [1.54, 1.807) is 30.0 Å². The number of halogens is 1. The molecule has 0 fully saturated rings. The first-order valence-corrected chi connectivity index (χ1v) is 11.7. The van der Waals surface area contributed by atoms with E-state index in [4.69, 9.17) is 0 Å². The van der Waals surface area contributed by atoms with Gasteiger partial charge in [-0.2, -0.15) is 11.8 Å². The fraction of sp³-hybridized carbons (Fsp3) is 0.250. The van der Waals surface area contributed by atoms with Crippen LogP contribution in [0.25, 0.3) is 10.2 Å². The summed E-state index contributed by atoms with van der Waals surface area (Å²) in [4.78, 5) is 29.9. The Hall–Kier alpha value is -1.90. The Morgan fingerprint density at radius 2 is 2.04 bits per heavy atom. The van der Waals surface area contributed by atoms with Gasteiger partial charge in [-0.15, -0.1) is 0 Å². The predicted molar refractivity (Wildman–Crippen MR) is 121 cm³/mol. The summed E-state index contributed by atoms with van der Waals surface area (Å²) in [6, 6.07) is 12.5. The molecule has 0 saturated carbocycles. The molecule has 2 aromatic carbocycles. The molecule has 2 N–H and O–H groups in total. The van der Waals surface area contributed by atoms with E-state index in [0.29, 0.717) is 21.6 Å². The molecule has 1 unspecified atom stereocenters. The summed E-state index contributed by atoms with van der Waals surface area (Å²) in [6.07, 6.45) is 2.51. The number of benzene rings is 2. The maximum absolute atomic E-state index is 12.8. The second-order valence-electron chi connectivity index (χ2n) is 6.27. The maximum atomic E-state index is 12.8. The van der Waals surface area contributed by atoms with Crippen molar-refractivity contribution in [3.63, 3.8) is 0 Å². The SMILES string of the molecule is CSCCC(NC(=O)c1ccccc1Br)C(=O)Nc1nc2ccc(C)cc2s1. The molecule has 0 saturated heterocycles. The van der Waals surface area contributed by atoms with Gasteiger partial charge in [0.15, 0.2) is 5.13 Å². The van der Waals surface area contributed by atoms with Gasteiger partial charge in [0.1, 0.15) is 6.04 Å². The Bertz CT molecular complexity index is 1010. The van der Waals surface area contributed by atoms with E-state index in [-0.39, 0.29) is 11.8 Å². The van der Waals surface area contributed by atoms with Crippen LogP contribution < -0.4 is 10.6 Å². The Kier molecular flexibility index (Phi) is 7.09. The first kappa shape index (κ1) is 20.8. The van der Waals surface area contributed by atoms with Crippen molar-refractivity contribution in [3.05, 3.63) is 58.1 Å². The molecule has 146 valence electrons. The average molecular weight is 478 g/mol. The summed E-state index contributed by atoms with van der Waals surface area (Å²) in [6.45, 7) is 2.02. The lowest BCUT2D eigenvalue weighted by Crippen LogP contribution is -2.44. The minimum absolute atomic E-state index is 0.259. The summed E-state index contributed by atoms with van der Waals surface area (Å²) >= 11 is 6.44. The summed E-state index contributed by atoms with van der Waals surface area (Å²) in [5.74, 6) is 0.215. The first-order valence-electron chi connectivity index (χ1n) is 8.70. The van der Waals surface area contributed by atoms with Crippen LogP contribution in [-0.2, 0) is 4.79 Å². The number of aryl methyl sites for hydroxylation is 1. The van der Waals surface area contributed by atoms with Crippen molar-refractivity contribution in [3.8, 4) is 0 Å². The van der Waals surface area contributed by atoms with Gasteiger partial charge in [0, 0.05) is 4.47 Å². The van der Waals surface area contributed by atoms with Crippen LogP contribution in [0.4, 0.5) is 5.13 Å². The van der Waals surface area contributed by atoms with Crippen molar-refractivity contribution in [2.75, 3.05) is 17.3 Å². The fourth-order valence-corrected chi connectivity index (χ4v) is 4.57. The normalized spacial score (nSPS) is 12.0. The number of amides is 2. The Morgan fingerprint density at radius 3 is 2.79 bits per heavy atom. The topological polar surface area (TPSA) is 71.1 Å². The monoisotopic (exact) mass is 477 g/mol. The number of hydrogen-bond donors (Lipinski definition) is 2. The summed E-state index contributed by atoms with van der Waals surface area (Å²) in [5, 5.41) is 6.26. The molecule has 1 atom stereocenters. The summed E-state index contributed by atoms with van der Waals surface area (Å²) in [5.41, 5.74) is 2.50. The molecule has 0 aliphatic carbocycles. The number of hydrogen-bond acceptors (Lipinski definition) is 5. The van der Waals surface area contributed by atoms with Crippen LogP contribution in [0.2, 0.25) is 0 Å². The van der Waals surface area contributed by atoms with Crippen LogP contribution in [0.3, 0.4) is 0 Å². The molecule has 0 aliphatic rings. The standard InChI is InChI=1S/C20H20BrN3O2S2/c1-12-7-8-15-17(11-12)28-20(23-15)24-19(26)16(9-10-27-2)22-18(25)13-5-3-4-6-14(13)21/h3-8,11,16H,9-10H2,1-2H3,(H,22,25)(H,23,24,26). The molecule has 8 heteroatoms. The molecule has 5 nitrogen and oxygen atoms in total. The van der Waals surface area contributed by atoms with Gasteiger partial charge in [-0.1, -0.05) is 29.5 Å². The zero-order valence-electron chi connectivity index (χ0n) is 15.5. The fourth-order valence-electron chi connectivity index (χ4n) is 2.66. The van der Waals surface area contributed by atoms with Gasteiger partial charge >= 0.3 is 0 Å². The molecule has 0 radical (unpaired) electrons. The number of fused-ring (bicyclic) bond motifs is 1. The van der Waals surface area contributed by atoms with E-state index >= 15 is 0 Å². The molecule has 0 spiro atoms. The zero-order valence-corrected chi connectivity index (χ0v) is 18.7. The molecular formula is C20H20BrN3O2S2. The molecule has 3 aromatic rings. The Balaban J connectivity index is 1.75. The number of carbonyl (C=O) groups is 2. The van der Waals surface area contributed by atoms with E-state index in [1.165, 1.54) is 11.3 Å². The van der Waals surface area contributed by atoms with E-state index in [1.807, 2.05) is 37.4 Å². The largest absolute Gasteiger partial charge is 0.340 e. The highest BCUT2D eigenvalue weighted by Gasteiger charge is 2.23. The van der Waals surface area contributed by atoms with Crippen molar-refractivity contribution in [1.82, 2.24) is 10.3 Å². The zero-order chi connectivity index (χ0) is 20.1. The number of rotatable bonds is 7. The van der Waals surface area contributed by atoms with Gasteiger partial charge in [-0.25, -0.2) is 4.98 Å². The average Bonchev–Trinajstić information content (AvgIpc) is 3.06. The number of nitrogens with zero attached hydrogens (tertiary/aromatic N) is 1. The van der Waals surface area contributed by atoms with Gasteiger partial charge < -0.3 is 10.6 Å². The van der Waals surface area contributed by atoms with Crippen LogP contribution in [0.5, 0.6) is 0 Å². The third kappa shape index (κ3) is 5.12. The number of thioether (sulfide) groups is 1. The van der Waals surface area contributed by atoms with Crippen molar-refractivity contribution < 1.29 is 9.59 Å². The van der Waals surface area contributed by atoms with Gasteiger partial charge in [0.2, 0.25) is 5.91 Å². The predicted octanol–water partition coefficient (Wildman–Crippen LogP) is 4.86. The van der Waals surface area contributed by atoms with Crippen molar-refractivity contribution in [1.29, 1.82) is 0 Å². The van der Waals surface area contributed by atoms with Gasteiger partial charge in [-0.05, 0) is 71.1 Å². The minimum Gasteiger partial charge on any atom is -0.340 e. The molecule has 0 bridgehead atoms. The Labute approximate surface area is 180 Å². The molecular weight excluding hydrogens is 458 g/mol. The second-order valence-corrected chi connectivity index (χ2v) is 9.14. The van der Waals surface area contributed by atoms with Crippen molar-refractivity contribution >= 4 is 66.2 Å². The van der Waals surface area contributed by atoms with Crippen LogP contribution in [-0.4, -0.2) is 34.8 Å². The van der Waals surface area contributed by atoms with E-state index in [9.17, 15) is 9.59 Å². The molecule has 2 amide bonds. The number of aromatic nitrogens is 1. The van der Waals surface area contributed by atoms with Crippen LogP contribution in [0.15, 0.2) is 46.9 Å². The van der Waals surface area contributed by atoms with E-state index in [2.05, 4.69) is 31.5 Å². The lowest BCUT2D eigenvalue weighted by atomic mass is 10.1. The number of carbonyl (C=O) groups excluding carboxylic acids is 2. The summed E-state index contributed by atoms with van der Waals surface area (Å²) in [7, 11) is 0. The van der Waals surface area contributed by atoms with Gasteiger partial charge in [0.25, 0.3) is 5.91 Å². The third-order valence-electron chi connectivity index (χ3n) is 4.13. The maximum Gasteiger partial charge on any atom is 0.253 e. The summed E-state index contributed by atoms with van der Waals surface area (Å²) < 4.78 is 1.71. The lowest BCUT2D eigenvalue weighted by molar-refractivity contribution is -0.118. The highest BCUT2D eigenvalue weighted by Crippen LogP contribution is 2.27. The minimum atomic E-state index is -0.638. The highest BCUT2D eigenvalue weighted by atomic mass is 79.9. The number of nitrogens with one attached hydrogen (secondary N) is 2. The van der Waals surface area contributed by atoms with E-state index < -0.39 is 6.04 Å². The van der Waals surface area contributed by atoms with Crippen LogP contribution >= 0.6 is 39.0 Å². The first-order chi connectivity index (χ1) is 13.5. The van der Waals surface area contributed by atoms with Gasteiger partial charge in [0.05, 0.1) is 15.8 Å². The van der Waals surface area contributed by atoms with Crippen LogP contribution in [0.1, 0.15) is 22.3 Å². The van der Waals surface area contributed by atoms with E-state index in [0.717, 1.165) is 21.5 Å². The van der Waals surface area contributed by atoms with Gasteiger partial charge in [-0.3, -0.25) is 9.59 Å². The van der Waals surface area contributed by atoms with Crippen molar-refractivity contribution in [2.45, 2.75) is 19.4 Å². The molecule has 28 heavy (non-hydrogen) atoms. The van der Waals surface area contributed by atoms with Crippen molar-refractivity contribution in [2.24, 2.45) is 0 Å². The number of anilines is 1. The quantitative estimate of drug-likeness (QED) is 0.509. The number of thiazole rings is 1. The molecule has 1 heterocycles. The second kappa shape index (κ2) is 9.54. The Morgan fingerprint density at radius 1 is 1.25 bits per heavy atom. The molecule has 1 aromatic heterocycles. The lowest BCUT2D eigenvalue weighted by Gasteiger charge is -2.17. The smallest absolute Gasteiger partial charge is 0.253 e. The molecule has 0 aliphatic heterocycles. The molecule has 3 rings (SSSR count). The third-order valence-corrected chi connectivity index (χ3v) is 6.39. The van der Waals surface area contributed by atoms with Crippen LogP contribution in [0, 0.1) is 6.92 Å².